The number of anilines is 1. The zero-order chi connectivity index (χ0) is 12.6. The van der Waals surface area contributed by atoms with Crippen LogP contribution in [0.25, 0.3) is 0 Å². The van der Waals surface area contributed by atoms with Gasteiger partial charge in [0.05, 0.1) is 0 Å². The highest BCUT2D eigenvalue weighted by Gasteiger charge is 2.53. The second kappa shape index (κ2) is 3.93. The lowest BCUT2D eigenvalue weighted by atomic mass is 10.0. The lowest BCUT2D eigenvalue weighted by molar-refractivity contribution is -0.190. The number of alkyl halides is 3. The average Bonchev–Trinajstić information content (AvgIpc) is 2.64. The molecule has 2 N–H and O–H groups in total. The maximum atomic E-state index is 12.5. The molecule has 0 aliphatic rings. The number of hydrogen-bond donors (Lipinski definition) is 1. The van der Waals surface area contributed by atoms with E-state index in [2.05, 4.69) is 14.7 Å². The van der Waals surface area contributed by atoms with Crippen molar-refractivity contribution in [3.8, 4) is 0 Å². The molecule has 1 heterocycles. The molecule has 0 amide bonds. The number of halogens is 3. The molecule has 5 nitrogen and oxygen atoms in total. The molecule has 1 aromatic heterocycles. The molecule has 0 aliphatic heterocycles. The van der Waals surface area contributed by atoms with E-state index in [0.29, 0.717) is 6.54 Å². The van der Waals surface area contributed by atoms with Gasteiger partial charge in [-0.2, -0.15) is 18.2 Å². The molecule has 8 heteroatoms. The van der Waals surface area contributed by atoms with Gasteiger partial charge in [0.25, 0.3) is 11.8 Å². The zero-order valence-electron chi connectivity index (χ0n) is 9.17. The molecule has 1 unspecified atom stereocenters. The van der Waals surface area contributed by atoms with Gasteiger partial charge in [-0.15, -0.1) is 0 Å². The molecule has 0 radical (unpaired) electrons. The van der Waals surface area contributed by atoms with Gasteiger partial charge in [-0.1, -0.05) is 0 Å². The molecule has 0 bridgehead atoms. The minimum atomic E-state index is -4.64. The van der Waals surface area contributed by atoms with Crippen LogP contribution in [0.4, 0.5) is 19.1 Å². The van der Waals surface area contributed by atoms with E-state index in [1.54, 1.807) is 18.9 Å². The van der Waals surface area contributed by atoms with Gasteiger partial charge in [0.15, 0.2) is 5.54 Å². The second-order valence-corrected chi connectivity index (χ2v) is 3.61. The van der Waals surface area contributed by atoms with Crippen molar-refractivity contribution in [1.29, 1.82) is 0 Å². The highest BCUT2D eigenvalue weighted by Crippen LogP contribution is 2.35. The first-order valence-electron chi connectivity index (χ1n) is 4.61. The van der Waals surface area contributed by atoms with E-state index in [9.17, 15) is 13.2 Å². The van der Waals surface area contributed by atoms with Crippen molar-refractivity contribution >= 4 is 5.95 Å². The molecule has 1 atom stereocenters. The predicted molar refractivity (Wildman–Crippen MR) is 50.8 cm³/mol. The van der Waals surface area contributed by atoms with Crippen LogP contribution in [0.1, 0.15) is 19.7 Å². The van der Waals surface area contributed by atoms with Crippen LogP contribution in [-0.2, 0) is 5.54 Å². The standard InChI is InChI=1S/C8H13F3N4O/c1-4-15(3)6-13-5(16-14-6)7(2,12)8(9,10)11/h4,12H2,1-3H3. The summed E-state index contributed by atoms with van der Waals surface area (Å²) in [6, 6.07) is 0. The van der Waals surface area contributed by atoms with Crippen molar-refractivity contribution < 1.29 is 17.7 Å². The monoisotopic (exact) mass is 238 g/mol. The summed E-state index contributed by atoms with van der Waals surface area (Å²) in [7, 11) is 1.63. The fourth-order valence-electron chi connectivity index (χ4n) is 0.844. The van der Waals surface area contributed by atoms with Crippen molar-refractivity contribution in [2.24, 2.45) is 5.73 Å². The second-order valence-electron chi connectivity index (χ2n) is 3.61. The van der Waals surface area contributed by atoms with Crippen LogP contribution in [0.15, 0.2) is 4.52 Å². The third-order valence-electron chi connectivity index (χ3n) is 2.26. The molecule has 0 fully saturated rings. The summed E-state index contributed by atoms with van der Waals surface area (Å²) in [5.74, 6) is -0.561. The Kier molecular flexibility index (Phi) is 3.13. The summed E-state index contributed by atoms with van der Waals surface area (Å²) in [5, 5.41) is 3.43. The van der Waals surface area contributed by atoms with Crippen molar-refractivity contribution in [1.82, 2.24) is 10.1 Å². The van der Waals surface area contributed by atoms with Crippen LogP contribution in [0, 0.1) is 0 Å². The quantitative estimate of drug-likeness (QED) is 0.858. The molecule has 1 aromatic rings. The van der Waals surface area contributed by atoms with E-state index in [4.69, 9.17) is 5.73 Å². The minimum Gasteiger partial charge on any atom is -0.342 e. The zero-order valence-corrected chi connectivity index (χ0v) is 9.17. The number of aromatic nitrogens is 2. The Morgan fingerprint density at radius 1 is 1.44 bits per heavy atom. The topological polar surface area (TPSA) is 68.2 Å². The fourth-order valence-corrected chi connectivity index (χ4v) is 0.844. The normalized spacial score (nSPS) is 15.9. The van der Waals surface area contributed by atoms with Crippen LogP contribution in [0.3, 0.4) is 0 Å². The Labute approximate surface area is 90.4 Å². The number of nitrogens with zero attached hydrogens (tertiary/aromatic N) is 3. The first-order chi connectivity index (χ1) is 7.20. The van der Waals surface area contributed by atoms with Gasteiger partial charge in [0.1, 0.15) is 0 Å². The molecule has 0 aromatic carbocycles. The summed E-state index contributed by atoms with van der Waals surface area (Å²) in [6.45, 7) is 3.14. The van der Waals surface area contributed by atoms with E-state index in [1.807, 2.05) is 0 Å². The Morgan fingerprint density at radius 3 is 2.44 bits per heavy atom. The van der Waals surface area contributed by atoms with Crippen molar-refractivity contribution in [2.75, 3.05) is 18.5 Å². The maximum Gasteiger partial charge on any atom is 0.415 e. The summed E-state index contributed by atoms with van der Waals surface area (Å²) in [6.07, 6.45) is -4.64. The molecular formula is C8H13F3N4O. The van der Waals surface area contributed by atoms with Crippen LogP contribution < -0.4 is 10.6 Å². The molecular weight excluding hydrogens is 225 g/mol. The van der Waals surface area contributed by atoms with Gasteiger partial charge in [-0.25, -0.2) is 0 Å². The van der Waals surface area contributed by atoms with Crippen molar-refractivity contribution in [3.05, 3.63) is 5.89 Å². The number of rotatable bonds is 3. The summed E-state index contributed by atoms with van der Waals surface area (Å²) < 4.78 is 42.2. The Hall–Kier alpha value is -1.31. The number of hydrogen-bond acceptors (Lipinski definition) is 5. The van der Waals surface area contributed by atoms with Gasteiger partial charge < -0.3 is 15.2 Å². The van der Waals surface area contributed by atoms with E-state index in [1.165, 1.54) is 0 Å². The lowest BCUT2D eigenvalue weighted by Gasteiger charge is -2.22. The highest BCUT2D eigenvalue weighted by atomic mass is 19.4. The number of nitrogens with two attached hydrogens (primary N) is 1. The lowest BCUT2D eigenvalue weighted by Crippen LogP contribution is -2.48. The average molecular weight is 238 g/mol. The summed E-state index contributed by atoms with van der Waals surface area (Å²) >= 11 is 0. The van der Waals surface area contributed by atoms with Crippen molar-refractivity contribution in [2.45, 2.75) is 25.6 Å². The molecule has 16 heavy (non-hydrogen) atoms. The van der Waals surface area contributed by atoms with Gasteiger partial charge in [-0.3, -0.25) is 0 Å². The molecule has 0 saturated heterocycles. The van der Waals surface area contributed by atoms with E-state index < -0.39 is 17.6 Å². The van der Waals surface area contributed by atoms with Gasteiger partial charge >= 0.3 is 6.18 Å². The SMILES string of the molecule is CCN(C)c1noc(C(C)(N)C(F)(F)F)n1. The van der Waals surface area contributed by atoms with Crippen LogP contribution in [-0.4, -0.2) is 29.9 Å². The summed E-state index contributed by atoms with van der Waals surface area (Å²) in [5.41, 5.74) is 2.50. The molecule has 0 aliphatic carbocycles. The fraction of sp³-hybridized carbons (Fsp3) is 0.750. The van der Waals surface area contributed by atoms with Gasteiger partial charge in [0.2, 0.25) is 0 Å². The van der Waals surface area contributed by atoms with Gasteiger partial charge in [-0.05, 0) is 19.0 Å². The van der Waals surface area contributed by atoms with Gasteiger partial charge in [0, 0.05) is 13.6 Å². The van der Waals surface area contributed by atoms with Crippen LogP contribution >= 0.6 is 0 Å². The molecule has 92 valence electrons. The first kappa shape index (κ1) is 12.8. The molecule has 1 rings (SSSR count). The van der Waals surface area contributed by atoms with E-state index >= 15 is 0 Å². The molecule has 0 saturated carbocycles. The molecule has 0 spiro atoms. The third kappa shape index (κ3) is 2.11. The predicted octanol–water partition coefficient (Wildman–Crippen LogP) is 1.26. The van der Waals surface area contributed by atoms with Crippen molar-refractivity contribution in [3.63, 3.8) is 0 Å². The Morgan fingerprint density at radius 2 is 2.00 bits per heavy atom. The minimum absolute atomic E-state index is 0.0819. The smallest absolute Gasteiger partial charge is 0.342 e. The largest absolute Gasteiger partial charge is 0.415 e. The Bertz CT molecular complexity index is 360. The maximum absolute atomic E-state index is 12.5. The van der Waals surface area contributed by atoms with Crippen LogP contribution in [0.5, 0.6) is 0 Å². The van der Waals surface area contributed by atoms with E-state index in [0.717, 1.165) is 6.92 Å². The highest BCUT2D eigenvalue weighted by molar-refractivity contribution is 5.26. The van der Waals surface area contributed by atoms with E-state index in [-0.39, 0.29) is 5.95 Å². The summed E-state index contributed by atoms with van der Waals surface area (Å²) in [4.78, 5) is 5.16. The van der Waals surface area contributed by atoms with Crippen LogP contribution in [0.2, 0.25) is 0 Å². The Balaban J connectivity index is 3.02. The third-order valence-corrected chi connectivity index (χ3v) is 2.26. The first-order valence-corrected chi connectivity index (χ1v) is 4.61.